The van der Waals surface area contributed by atoms with Crippen molar-refractivity contribution in [2.24, 2.45) is 0 Å². The van der Waals surface area contributed by atoms with Gasteiger partial charge in [-0.05, 0) is 70.7 Å². The first-order valence-electron chi connectivity index (χ1n) is 10.1. The van der Waals surface area contributed by atoms with Gasteiger partial charge in [0.15, 0.2) is 0 Å². The smallest absolute Gasteiger partial charge is 0.243 e. The van der Waals surface area contributed by atoms with E-state index in [9.17, 15) is 18.0 Å². The van der Waals surface area contributed by atoms with Crippen LogP contribution in [0, 0.1) is 0 Å². The molecular weight excluding hydrogens is 390 g/mol. The summed E-state index contributed by atoms with van der Waals surface area (Å²) in [5.41, 5.74) is 0.612. The topological polar surface area (TPSA) is 78.0 Å². The molecule has 0 aliphatic carbocycles. The van der Waals surface area contributed by atoms with Gasteiger partial charge < -0.3 is 9.80 Å². The van der Waals surface area contributed by atoms with E-state index in [4.69, 9.17) is 0 Å². The third kappa shape index (κ3) is 3.57. The second-order valence-corrected chi connectivity index (χ2v) is 10.9. The van der Waals surface area contributed by atoms with Gasteiger partial charge in [-0.3, -0.25) is 9.59 Å². The molecule has 1 saturated heterocycles. The van der Waals surface area contributed by atoms with Gasteiger partial charge in [-0.1, -0.05) is 0 Å². The summed E-state index contributed by atoms with van der Waals surface area (Å²) in [5, 5.41) is 0. The number of rotatable bonds is 4. The maximum absolute atomic E-state index is 13.1. The highest BCUT2D eigenvalue weighted by molar-refractivity contribution is 7.89. The standard InChI is InChI=1S/C21H31N3O4S/c1-14-8-7-9-15(2)24(14)19(25)13-22(5)29(27,28)16-10-11-18-17(12-16)21(3,4)20(26)23(18)6/h10-12,14-15H,7-9,13H2,1-6H3/t14-,15-/m0/s1. The zero-order valence-corrected chi connectivity index (χ0v) is 18.9. The Morgan fingerprint density at radius 1 is 1.21 bits per heavy atom. The van der Waals surface area contributed by atoms with Crippen LogP contribution >= 0.6 is 0 Å². The molecule has 0 N–H and O–H groups in total. The zero-order chi connectivity index (χ0) is 21.7. The number of anilines is 1. The van der Waals surface area contributed by atoms with Crippen LogP contribution in [0.25, 0.3) is 0 Å². The molecule has 0 spiro atoms. The largest absolute Gasteiger partial charge is 0.336 e. The van der Waals surface area contributed by atoms with Gasteiger partial charge in [0.1, 0.15) is 0 Å². The van der Waals surface area contributed by atoms with Crippen molar-refractivity contribution in [3.8, 4) is 0 Å². The average Bonchev–Trinajstić information content (AvgIpc) is 2.81. The molecule has 29 heavy (non-hydrogen) atoms. The van der Waals surface area contributed by atoms with Crippen molar-refractivity contribution in [3.63, 3.8) is 0 Å². The molecule has 0 radical (unpaired) electrons. The highest BCUT2D eigenvalue weighted by atomic mass is 32.2. The first-order valence-corrected chi connectivity index (χ1v) is 11.5. The van der Waals surface area contributed by atoms with Gasteiger partial charge in [0.25, 0.3) is 0 Å². The van der Waals surface area contributed by atoms with Gasteiger partial charge in [-0.15, -0.1) is 0 Å². The number of fused-ring (bicyclic) bond motifs is 1. The molecule has 160 valence electrons. The van der Waals surface area contributed by atoms with Crippen LogP contribution in [0.4, 0.5) is 5.69 Å². The van der Waals surface area contributed by atoms with Crippen LogP contribution in [0.15, 0.2) is 23.1 Å². The molecule has 0 saturated carbocycles. The second kappa shape index (κ2) is 7.40. The Morgan fingerprint density at radius 3 is 2.38 bits per heavy atom. The molecule has 0 unspecified atom stereocenters. The van der Waals surface area contributed by atoms with Crippen molar-refractivity contribution in [3.05, 3.63) is 23.8 Å². The number of likely N-dealkylation sites (N-methyl/N-ethyl adjacent to an activating group) is 2. The van der Waals surface area contributed by atoms with Gasteiger partial charge in [0.2, 0.25) is 21.8 Å². The minimum Gasteiger partial charge on any atom is -0.336 e. The maximum Gasteiger partial charge on any atom is 0.243 e. The van der Waals surface area contributed by atoms with E-state index in [1.165, 1.54) is 13.1 Å². The molecular formula is C21H31N3O4S. The molecule has 2 heterocycles. The van der Waals surface area contributed by atoms with Crippen LogP contribution < -0.4 is 4.90 Å². The fraction of sp³-hybridized carbons (Fsp3) is 0.619. The summed E-state index contributed by atoms with van der Waals surface area (Å²) in [4.78, 5) is 28.8. The Bertz CT molecular complexity index is 931. The Morgan fingerprint density at radius 2 is 1.79 bits per heavy atom. The second-order valence-electron chi connectivity index (χ2n) is 8.86. The number of amides is 2. The molecule has 1 aromatic rings. The Balaban J connectivity index is 1.85. The van der Waals surface area contributed by atoms with E-state index in [1.54, 1.807) is 37.9 Å². The summed E-state index contributed by atoms with van der Waals surface area (Å²) >= 11 is 0. The van der Waals surface area contributed by atoms with E-state index >= 15 is 0 Å². The van der Waals surface area contributed by atoms with E-state index in [-0.39, 0.29) is 35.3 Å². The number of sulfonamides is 1. The van der Waals surface area contributed by atoms with Gasteiger partial charge >= 0.3 is 0 Å². The number of carbonyl (C=O) groups excluding carboxylic acids is 2. The zero-order valence-electron chi connectivity index (χ0n) is 18.1. The maximum atomic E-state index is 13.1. The van der Waals surface area contributed by atoms with Crippen molar-refractivity contribution in [1.82, 2.24) is 9.21 Å². The Labute approximate surface area is 173 Å². The van der Waals surface area contributed by atoms with Crippen molar-refractivity contribution < 1.29 is 18.0 Å². The summed E-state index contributed by atoms with van der Waals surface area (Å²) in [7, 11) is -0.735. The van der Waals surface area contributed by atoms with Gasteiger partial charge in [0.05, 0.1) is 16.9 Å². The lowest BCUT2D eigenvalue weighted by atomic mass is 9.86. The molecule has 3 rings (SSSR count). The lowest BCUT2D eigenvalue weighted by Gasteiger charge is -2.39. The number of likely N-dealkylation sites (tertiary alicyclic amines) is 1. The fourth-order valence-corrected chi connectivity index (χ4v) is 5.71. The minimum absolute atomic E-state index is 0.0707. The first-order chi connectivity index (χ1) is 13.4. The predicted molar refractivity (Wildman–Crippen MR) is 112 cm³/mol. The number of benzene rings is 1. The van der Waals surface area contributed by atoms with Crippen LogP contribution in [0.3, 0.4) is 0 Å². The molecule has 1 aromatic carbocycles. The fourth-order valence-electron chi connectivity index (χ4n) is 4.56. The number of carbonyl (C=O) groups is 2. The Hall–Kier alpha value is -1.93. The molecule has 2 atom stereocenters. The molecule has 1 fully saturated rings. The van der Waals surface area contributed by atoms with E-state index in [1.807, 2.05) is 18.7 Å². The van der Waals surface area contributed by atoms with E-state index in [0.717, 1.165) is 23.6 Å². The lowest BCUT2D eigenvalue weighted by molar-refractivity contribution is -0.137. The van der Waals surface area contributed by atoms with Crippen molar-refractivity contribution in [2.45, 2.75) is 69.4 Å². The summed E-state index contributed by atoms with van der Waals surface area (Å²) in [6, 6.07) is 4.97. The van der Waals surface area contributed by atoms with Gasteiger partial charge in [-0.2, -0.15) is 4.31 Å². The third-order valence-electron chi connectivity index (χ3n) is 6.39. The highest BCUT2D eigenvalue weighted by Gasteiger charge is 2.43. The van der Waals surface area contributed by atoms with E-state index in [2.05, 4.69) is 0 Å². The molecule has 2 amide bonds. The van der Waals surface area contributed by atoms with Gasteiger partial charge in [-0.25, -0.2) is 8.42 Å². The van der Waals surface area contributed by atoms with E-state index < -0.39 is 15.4 Å². The quantitative estimate of drug-likeness (QED) is 0.748. The molecule has 8 heteroatoms. The van der Waals surface area contributed by atoms with Crippen molar-refractivity contribution in [1.29, 1.82) is 0 Å². The average molecular weight is 422 g/mol. The summed E-state index contributed by atoms with van der Waals surface area (Å²) in [6.07, 6.45) is 2.96. The normalized spacial score (nSPS) is 24.2. The van der Waals surface area contributed by atoms with Crippen LogP contribution in [-0.4, -0.2) is 62.2 Å². The molecule has 2 aliphatic heterocycles. The van der Waals surface area contributed by atoms with Crippen LogP contribution in [0.2, 0.25) is 0 Å². The lowest BCUT2D eigenvalue weighted by Crippen LogP contribution is -2.51. The number of nitrogens with zero attached hydrogens (tertiary/aromatic N) is 3. The predicted octanol–water partition coefficient (Wildman–Crippen LogP) is 2.35. The van der Waals surface area contributed by atoms with E-state index in [0.29, 0.717) is 11.3 Å². The molecule has 0 aromatic heterocycles. The monoisotopic (exact) mass is 421 g/mol. The number of hydrogen-bond acceptors (Lipinski definition) is 4. The van der Waals surface area contributed by atoms with Crippen LogP contribution in [-0.2, 0) is 25.0 Å². The third-order valence-corrected chi connectivity index (χ3v) is 8.19. The van der Waals surface area contributed by atoms with Crippen LogP contribution in [0.1, 0.15) is 52.5 Å². The summed E-state index contributed by atoms with van der Waals surface area (Å²) in [5.74, 6) is -0.245. The van der Waals surface area contributed by atoms with Gasteiger partial charge in [0, 0.05) is 31.9 Å². The minimum atomic E-state index is -3.86. The van der Waals surface area contributed by atoms with Crippen molar-refractivity contribution in [2.75, 3.05) is 25.5 Å². The summed E-state index contributed by atoms with van der Waals surface area (Å²) < 4.78 is 27.4. The Kier molecular flexibility index (Phi) is 5.55. The first kappa shape index (κ1) is 21.8. The highest BCUT2D eigenvalue weighted by Crippen LogP contribution is 2.41. The van der Waals surface area contributed by atoms with Crippen molar-refractivity contribution >= 4 is 27.5 Å². The molecule has 2 aliphatic rings. The van der Waals surface area contributed by atoms with Crippen LogP contribution in [0.5, 0.6) is 0 Å². The number of hydrogen-bond donors (Lipinski definition) is 0. The molecule has 0 bridgehead atoms. The molecule has 7 nitrogen and oxygen atoms in total. The SMILES string of the molecule is C[C@H]1CCC[C@H](C)N1C(=O)CN(C)S(=O)(=O)c1ccc2c(c1)C(C)(C)C(=O)N2C. The number of piperidine rings is 1. The summed E-state index contributed by atoms with van der Waals surface area (Å²) in [6.45, 7) is 7.41.